The van der Waals surface area contributed by atoms with E-state index in [1.54, 1.807) is 0 Å². The van der Waals surface area contributed by atoms with Crippen molar-refractivity contribution >= 4 is 11.6 Å². The van der Waals surface area contributed by atoms with E-state index in [1.807, 2.05) is 6.07 Å². The molecule has 1 aromatic carbocycles. The highest BCUT2D eigenvalue weighted by molar-refractivity contribution is 6.18. The summed E-state index contributed by atoms with van der Waals surface area (Å²) in [7, 11) is 0. The van der Waals surface area contributed by atoms with Gasteiger partial charge in [0.15, 0.2) is 0 Å². The van der Waals surface area contributed by atoms with Gasteiger partial charge in [-0.15, -0.1) is 11.6 Å². The first kappa shape index (κ1) is 12.5. The zero-order valence-corrected chi connectivity index (χ0v) is 11.6. The van der Waals surface area contributed by atoms with Gasteiger partial charge < -0.3 is 4.74 Å². The lowest BCUT2D eigenvalue weighted by Crippen LogP contribution is -2.53. The Balaban J connectivity index is 1.47. The van der Waals surface area contributed by atoms with E-state index in [1.165, 1.54) is 37.7 Å². The maximum atomic E-state index is 6.17. The lowest BCUT2D eigenvalue weighted by molar-refractivity contribution is -0.123. The van der Waals surface area contributed by atoms with Crippen LogP contribution in [0, 0.1) is 10.8 Å². The van der Waals surface area contributed by atoms with Crippen molar-refractivity contribution in [3.05, 3.63) is 35.9 Å². The van der Waals surface area contributed by atoms with Crippen LogP contribution in [0.4, 0.5) is 0 Å². The molecule has 0 heterocycles. The normalized spacial score (nSPS) is 23.4. The zero-order valence-electron chi connectivity index (χ0n) is 10.8. The second kappa shape index (κ2) is 4.86. The van der Waals surface area contributed by atoms with E-state index in [2.05, 4.69) is 24.3 Å². The van der Waals surface area contributed by atoms with Crippen LogP contribution in [0.3, 0.4) is 0 Å². The van der Waals surface area contributed by atoms with E-state index in [4.69, 9.17) is 16.3 Å². The van der Waals surface area contributed by atoms with Crippen molar-refractivity contribution in [2.24, 2.45) is 10.8 Å². The predicted octanol–water partition coefficient (Wildman–Crippen LogP) is 4.39. The Morgan fingerprint density at radius 1 is 1.11 bits per heavy atom. The van der Waals surface area contributed by atoms with Gasteiger partial charge in [0.05, 0.1) is 13.2 Å². The molecule has 1 aromatic rings. The van der Waals surface area contributed by atoms with Gasteiger partial charge in [-0.05, 0) is 36.7 Å². The molecule has 0 saturated heterocycles. The highest BCUT2D eigenvalue weighted by Crippen LogP contribution is 2.64. The monoisotopic (exact) mass is 264 g/mol. The predicted molar refractivity (Wildman–Crippen MR) is 74.8 cm³/mol. The van der Waals surface area contributed by atoms with E-state index >= 15 is 0 Å². The topological polar surface area (TPSA) is 9.23 Å². The van der Waals surface area contributed by atoms with Gasteiger partial charge in [0.25, 0.3) is 0 Å². The molecule has 1 spiro atoms. The molecule has 0 N–H and O–H groups in total. The van der Waals surface area contributed by atoms with Gasteiger partial charge in [-0.2, -0.15) is 0 Å². The maximum absolute atomic E-state index is 6.17. The lowest BCUT2D eigenvalue weighted by atomic mass is 9.46. The molecule has 2 heteroatoms. The van der Waals surface area contributed by atoms with Gasteiger partial charge in [-0.1, -0.05) is 36.8 Å². The van der Waals surface area contributed by atoms with Gasteiger partial charge in [0.1, 0.15) is 0 Å². The number of hydrogen-bond donors (Lipinski definition) is 0. The Morgan fingerprint density at radius 2 is 1.83 bits per heavy atom. The molecule has 2 saturated carbocycles. The fraction of sp³-hybridized carbons (Fsp3) is 0.625. The first-order chi connectivity index (χ1) is 8.76. The van der Waals surface area contributed by atoms with Crippen LogP contribution >= 0.6 is 11.6 Å². The summed E-state index contributed by atoms with van der Waals surface area (Å²) in [6, 6.07) is 10.4. The first-order valence-electron chi connectivity index (χ1n) is 6.94. The number of ether oxygens (including phenoxy) is 1. The molecular formula is C16H21ClO. The molecule has 2 fully saturated rings. The summed E-state index contributed by atoms with van der Waals surface area (Å²) in [5.41, 5.74) is 2.20. The molecule has 0 aliphatic heterocycles. The number of rotatable bonds is 5. The van der Waals surface area contributed by atoms with Crippen LogP contribution in [0.15, 0.2) is 30.3 Å². The molecule has 18 heavy (non-hydrogen) atoms. The van der Waals surface area contributed by atoms with Crippen molar-refractivity contribution in [1.82, 2.24) is 0 Å². The Kier molecular flexibility index (Phi) is 3.38. The van der Waals surface area contributed by atoms with Crippen LogP contribution in [0.1, 0.15) is 37.7 Å². The standard InChI is InChI=1S/C16H21ClO/c17-12-16(10-15(11-16)7-4-8-15)13-18-9-14-5-2-1-3-6-14/h1-3,5-6H,4,7-13H2. The average Bonchev–Trinajstić information content (AvgIpc) is 2.31. The van der Waals surface area contributed by atoms with Crippen molar-refractivity contribution < 1.29 is 4.74 Å². The summed E-state index contributed by atoms with van der Waals surface area (Å²) in [5.74, 6) is 0.754. The summed E-state index contributed by atoms with van der Waals surface area (Å²) >= 11 is 6.17. The van der Waals surface area contributed by atoms with Crippen molar-refractivity contribution in [2.75, 3.05) is 12.5 Å². The van der Waals surface area contributed by atoms with Gasteiger partial charge in [-0.25, -0.2) is 0 Å². The van der Waals surface area contributed by atoms with Crippen molar-refractivity contribution in [3.8, 4) is 0 Å². The minimum Gasteiger partial charge on any atom is -0.376 e. The summed E-state index contributed by atoms with van der Waals surface area (Å²) in [4.78, 5) is 0. The van der Waals surface area contributed by atoms with E-state index < -0.39 is 0 Å². The van der Waals surface area contributed by atoms with Crippen LogP contribution in [0.25, 0.3) is 0 Å². The Bertz CT molecular complexity index is 389. The van der Waals surface area contributed by atoms with Crippen LogP contribution < -0.4 is 0 Å². The quantitative estimate of drug-likeness (QED) is 0.717. The first-order valence-corrected chi connectivity index (χ1v) is 7.47. The van der Waals surface area contributed by atoms with Crippen molar-refractivity contribution in [2.45, 2.75) is 38.7 Å². The van der Waals surface area contributed by atoms with Gasteiger partial charge in [0, 0.05) is 11.3 Å². The SMILES string of the molecule is ClCC1(COCc2ccccc2)CC2(CCC2)C1. The average molecular weight is 265 g/mol. The summed E-state index contributed by atoms with van der Waals surface area (Å²) in [5, 5.41) is 0. The maximum Gasteiger partial charge on any atom is 0.0717 e. The molecule has 0 aromatic heterocycles. The van der Waals surface area contributed by atoms with Crippen LogP contribution in [-0.4, -0.2) is 12.5 Å². The molecule has 0 amide bonds. The van der Waals surface area contributed by atoms with E-state index in [9.17, 15) is 0 Å². The van der Waals surface area contributed by atoms with Gasteiger partial charge in [0.2, 0.25) is 0 Å². The molecule has 1 nitrogen and oxygen atoms in total. The zero-order chi connectivity index (χ0) is 12.5. The van der Waals surface area contributed by atoms with Crippen LogP contribution in [-0.2, 0) is 11.3 Å². The fourth-order valence-electron chi connectivity index (χ4n) is 3.76. The molecular weight excluding hydrogens is 244 g/mol. The molecule has 2 aliphatic carbocycles. The number of halogens is 1. The molecule has 0 atom stereocenters. The van der Waals surface area contributed by atoms with E-state index in [0.29, 0.717) is 12.0 Å². The third-order valence-electron chi connectivity index (χ3n) is 4.72. The summed E-state index contributed by atoms with van der Waals surface area (Å²) in [6.07, 6.45) is 6.84. The number of hydrogen-bond acceptors (Lipinski definition) is 1. The largest absolute Gasteiger partial charge is 0.376 e. The number of alkyl halides is 1. The van der Waals surface area contributed by atoms with E-state index in [-0.39, 0.29) is 5.41 Å². The third-order valence-corrected chi connectivity index (χ3v) is 5.28. The molecule has 0 unspecified atom stereocenters. The highest BCUT2D eigenvalue weighted by atomic mass is 35.5. The minimum atomic E-state index is 0.275. The Labute approximate surface area is 114 Å². The summed E-state index contributed by atoms with van der Waals surface area (Å²) in [6.45, 7) is 1.54. The molecule has 98 valence electrons. The van der Waals surface area contributed by atoms with Crippen molar-refractivity contribution in [3.63, 3.8) is 0 Å². The third kappa shape index (κ3) is 2.31. The van der Waals surface area contributed by atoms with Crippen LogP contribution in [0.2, 0.25) is 0 Å². The Hall–Kier alpha value is -0.530. The highest BCUT2D eigenvalue weighted by Gasteiger charge is 2.56. The fourth-order valence-corrected chi connectivity index (χ4v) is 4.03. The van der Waals surface area contributed by atoms with E-state index in [0.717, 1.165) is 12.5 Å². The minimum absolute atomic E-state index is 0.275. The molecule has 2 aliphatic rings. The molecule has 3 rings (SSSR count). The molecule has 0 bridgehead atoms. The summed E-state index contributed by atoms with van der Waals surface area (Å²) < 4.78 is 5.90. The second-order valence-electron chi connectivity index (χ2n) is 6.32. The smallest absolute Gasteiger partial charge is 0.0717 e. The lowest BCUT2D eigenvalue weighted by Gasteiger charge is -2.60. The van der Waals surface area contributed by atoms with Gasteiger partial charge >= 0.3 is 0 Å². The van der Waals surface area contributed by atoms with Gasteiger partial charge in [-0.3, -0.25) is 0 Å². The second-order valence-corrected chi connectivity index (χ2v) is 6.59. The van der Waals surface area contributed by atoms with Crippen molar-refractivity contribution in [1.29, 1.82) is 0 Å². The Morgan fingerprint density at radius 3 is 2.39 bits per heavy atom. The van der Waals surface area contributed by atoms with Crippen LogP contribution in [0.5, 0.6) is 0 Å². The molecule has 0 radical (unpaired) electrons. The number of benzene rings is 1.